The maximum Gasteiger partial charge on any atom is 0.286 e. The number of carbonyl (C=O) groups excluding carboxylic acids is 3. The highest BCUT2D eigenvalue weighted by Gasteiger charge is 2.35. The number of rotatable bonds is 5. The summed E-state index contributed by atoms with van der Waals surface area (Å²) in [6.45, 7) is 2.81. The average molecular weight is 418 g/mol. The van der Waals surface area contributed by atoms with Gasteiger partial charge < -0.3 is 14.5 Å². The maximum atomic E-state index is 12.9. The summed E-state index contributed by atoms with van der Waals surface area (Å²) in [5.74, 6) is 1.07. The van der Waals surface area contributed by atoms with Crippen molar-refractivity contribution in [1.29, 1.82) is 0 Å². The zero-order chi connectivity index (χ0) is 20.5. The molecule has 29 heavy (non-hydrogen) atoms. The van der Waals surface area contributed by atoms with E-state index in [1.165, 1.54) is 0 Å². The van der Waals surface area contributed by atoms with Gasteiger partial charge in [-0.1, -0.05) is 17.8 Å². The molecular weight excluding hydrogens is 390 g/mol. The van der Waals surface area contributed by atoms with Crippen molar-refractivity contribution in [3.8, 4) is 5.75 Å². The second kappa shape index (κ2) is 8.36. The number of hydrogen-bond acceptors (Lipinski definition) is 6. The second-order valence-corrected chi connectivity index (χ2v) is 9.27. The summed E-state index contributed by atoms with van der Waals surface area (Å²) in [6.07, 6.45) is 3.74. The molecule has 0 bridgehead atoms. The summed E-state index contributed by atoms with van der Waals surface area (Å²) in [4.78, 5) is 40.7. The van der Waals surface area contributed by atoms with E-state index in [1.807, 2.05) is 17.0 Å². The molecule has 3 aliphatic heterocycles. The Morgan fingerprint density at radius 2 is 1.93 bits per heavy atom. The quantitative estimate of drug-likeness (QED) is 0.791. The van der Waals surface area contributed by atoms with Crippen molar-refractivity contribution in [2.24, 2.45) is 5.92 Å². The lowest BCUT2D eigenvalue weighted by atomic mass is 9.90. The number of anilines is 1. The first kappa shape index (κ1) is 20.2. The standard InChI is InChI=1S/C21H27N3O4S/c1-23-9-7-13(8-10-23)12-24-18(25)6-4-15-14(3-5-16(28-2)19(15)24)11-17-20(26)22-21(27)29-17/h3,5,13,17H,4,6-12H2,1-2H3,(H,22,26,27). The summed E-state index contributed by atoms with van der Waals surface area (Å²) >= 11 is 1.04. The minimum Gasteiger partial charge on any atom is -0.495 e. The number of ether oxygens (including phenoxy) is 1. The molecule has 156 valence electrons. The van der Waals surface area contributed by atoms with Gasteiger partial charge in [0.15, 0.2) is 0 Å². The number of nitrogens with zero attached hydrogens (tertiary/aromatic N) is 2. The van der Waals surface area contributed by atoms with Gasteiger partial charge in [-0.15, -0.1) is 0 Å². The first-order valence-corrected chi connectivity index (χ1v) is 11.0. The van der Waals surface area contributed by atoms with Crippen molar-refractivity contribution >= 4 is 34.5 Å². The highest BCUT2D eigenvalue weighted by Crippen LogP contribution is 2.41. The van der Waals surface area contributed by atoms with Crippen LogP contribution < -0.4 is 15.0 Å². The number of amides is 3. The lowest BCUT2D eigenvalue weighted by Crippen LogP contribution is -2.42. The molecule has 3 aliphatic rings. The Morgan fingerprint density at radius 3 is 2.59 bits per heavy atom. The zero-order valence-electron chi connectivity index (χ0n) is 16.9. The van der Waals surface area contributed by atoms with E-state index in [2.05, 4.69) is 17.3 Å². The van der Waals surface area contributed by atoms with Gasteiger partial charge in [-0.2, -0.15) is 0 Å². The molecule has 1 aromatic carbocycles. The molecule has 1 unspecified atom stereocenters. The molecule has 0 spiro atoms. The number of likely N-dealkylation sites (tertiary alicyclic amines) is 1. The van der Waals surface area contributed by atoms with Crippen LogP contribution in [0, 0.1) is 5.92 Å². The molecule has 7 nitrogen and oxygen atoms in total. The van der Waals surface area contributed by atoms with Gasteiger partial charge in [-0.3, -0.25) is 19.7 Å². The number of fused-ring (bicyclic) bond motifs is 1. The van der Waals surface area contributed by atoms with Gasteiger partial charge in [0.2, 0.25) is 11.8 Å². The van der Waals surface area contributed by atoms with Crippen LogP contribution in [0.15, 0.2) is 12.1 Å². The van der Waals surface area contributed by atoms with Crippen LogP contribution in [0.2, 0.25) is 0 Å². The molecule has 3 amide bonds. The minimum absolute atomic E-state index is 0.134. The van der Waals surface area contributed by atoms with Crippen LogP contribution in [-0.2, 0) is 22.4 Å². The van der Waals surface area contributed by atoms with Gasteiger partial charge in [0.25, 0.3) is 5.24 Å². The third-order valence-electron chi connectivity index (χ3n) is 6.17. The zero-order valence-corrected chi connectivity index (χ0v) is 17.7. The molecule has 4 rings (SSSR count). The number of imide groups is 1. The monoisotopic (exact) mass is 417 g/mol. The Morgan fingerprint density at radius 1 is 1.17 bits per heavy atom. The van der Waals surface area contributed by atoms with E-state index < -0.39 is 5.25 Å². The van der Waals surface area contributed by atoms with Crippen molar-refractivity contribution in [3.63, 3.8) is 0 Å². The fourth-order valence-electron chi connectivity index (χ4n) is 4.50. The molecule has 0 radical (unpaired) electrons. The lowest BCUT2D eigenvalue weighted by Gasteiger charge is -2.37. The van der Waals surface area contributed by atoms with Gasteiger partial charge in [-0.25, -0.2) is 0 Å². The van der Waals surface area contributed by atoms with Crippen molar-refractivity contribution < 1.29 is 19.1 Å². The maximum absolute atomic E-state index is 12.9. The molecule has 3 heterocycles. The van der Waals surface area contributed by atoms with Crippen molar-refractivity contribution in [2.45, 2.75) is 37.4 Å². The molecule has 1 atom stereocenters. The Balaban J connectivity index is 1.63. The van der Waals surface area contributed by atoms with E-state index in [4.69, 9.17) is 4.74 Å². The first-order chi connectivity index (χ1) is 14.0. The largest absolute Gasteiger partial charge is 0.495 e. The van der Waals surface area contributed by atoms with Gasteiger partial charge in [0, 0.05) is 13.0 Å². The number of methoxy groups -OCH3 is 1. The highest BCUT2D eigenvalue weighted by molar-refractivity contribution is 8.15. The molecule has 8 heteroatoms. The first-order valence-electron chi connectivity index (χ1n) is 10.2. The van der Waals surface area contributed by atoms with Crippen molar-refractivity contribution in [3.05, 3.63) is 23.3 Å². The van der Waals surface area contributed by atoms with E-state index >= 15 is 0 Å². The van der Waals surface area contributed by atoms with Crippen LogP contribution in [0.3, 0.4) is 0 Å². The van der Waals surface area contributed by atoms with E-state index in [9.17, 15) is 14.4 Å². The van der Waals surface area contributed by atoms with Crippen LogP contribution in [0.5, 0.6) is 5.75 Å². The number of hydrogen-bond donors (Lipinski definition) is 1. The SMILES string of the molecule is COc1ccc(CC2SC(=O)NC2=O)c2c1N(CC1CCN(C)CC1)C(=O)CC2. The Bertz CT molecular complexity index is 835. The molecule has 2 fully saturated rings. The van der Waals surface area contributed by atoms with Crippen LogP contribution in [-0.4, -0.2) is 61.0 Å². The Kier molecular flexibility index (Phi) is 5.83. The molecule has 1 aromatic rings. The summed E-state index contributed by atoms with van der Waals surface area (Å²) in [5.41, 5.74) is 2.95. The third-order valence-corrected chi connectivity index (χ3v) is 7.16. The molecular formula is C21H27N3O4S. The summed E-state index contributed by atoms with van der Waals surface area (Å²) < 4.78 is 5.62. The van der Waals surface area contributed by atoms with Crippen LogP contribution in [0.1, 0.15) is 30.4 Å². The molecule has 0 aliphatic carbocycles. The number of nitrogens with one attached hydrogen (secondary N) is 1. The molecule has 1 N–H and O–H groups in total. The number of carbonyl (C=O) groups is 3. The van der Waals surface area contributed by atoms with E-state index in [0.717, 1.165) is 54.5 Å². The van der Waals surface area contributed by atoms with Crippen LogP contribution >= 0.6 is 11.8 Å². The number of benzene rings is 1. The third kappa shape index (κ3) is 4.14. The molecule has 0 saturated carbocycles. The highest BCUT2D eigenvalue weighted by atomic mass is 32.2. The summed E-state index contributed by atoms with van der Waals surface area (Å²) in [5, 5.41) is 1.65. The van der Waals surface area contributed by atoms with Crippen LogP contribution in [0.25, 0.3) is 0 Å². The second-order valence-electron chi connectivity index (χ2n) is 8.09. The summed E-state index contributed by atoms with van der Waals surface area (Å²) in [6, 6.07) is 3.85. The van der Waals surface area contributed by atoms with Crippen molar-refractivity contribution in [2.75, 3.05) is 38.7 Å². The Hall–Kier alpha value is -2.06. The van der Waals surface area contributed by atoms with Gasteiger partial charge in [-0.05, 0) is 68.9 Å². The lowest BCUT2D eigenvalue weighted by molar-refractivity contribution is -0.120. The van der Waals surface area contributed by atoms with Gasteiger partial charge in [0.05, 0.1) is 18.0 Å². The van der Waals surface area contributed by atoms with Gasteiger partial charge >= 0.3 is 0 Å². The van der Waals surface area contributed by atoms with E-state index in [1.54, 1.807) is 7.11 Å². The topological polar surface area (TPSA) is 79.0 Å². The number of piperidine rings is 1. The smallest absolute Gasteiger partial charge is 0.286 e. The normalized spacial score (nSPS) is 23.3. The predicted molar refractivity (Wildman–Crippen MR) is 113 cm³/mol. The van der Waals surface area contributed by atoms with E-state index in [0.29, 0.717) is 37.5 Å². The fourth-order valence-corrected chi connectivity index (χ4v) is 5.35. The van der Waals surface area contributed by atoms with E-state index in [-0.39, 0.29) is 17.1 Å². The predicted octanol–water partition coefficient (Wildman–Crippen LogP) is 2.21. The minimum atomic E-state index is -0.417. The van der Waals surface area contributed by atoms with Crippen LogP contribution in [0.4, 0.5) is 10.5 Å². The fraction of sp³-hybridized carbons (Fsp3) is 0.571. The molecule has 0 aromatic heterocycles. The molecule has 2 saturated heterocycles. The van der Waals surface area contributed by atoms with Crippen molar-refractivity contribution in [1.82, 2.24) is 10.2 Å². The van der Waals surface area contributed by atoms with Gasteiger partial charge in [0.1, 0.15) is 5.75 Å². The Labute approximate surface area is 175 Å². The average Bonchev–Trinajstić information content (AvgIpc) is 3.02. The number of thioether (sulfide) groups is 1. The summed E-state index contributed by atoms with van der Waals surface area (Å²) in [7, 11) is 3.76.